The SMILES string of the molecule is C=CC(=O)N(C)[C@@H]1CCN(C(=O)c2cc3cc(-c4ccccc4O)nnc3[nH]2)C1. The lowest BCUT2D eigenvalue weighted by Gasteiger charge is -2.23. The summed E-state index contributed by atoms with van der Waals surface area (Å²) in [5.41, 5.74) is 2.02. The summed E-state index contributed by atoms with van der Waals surface area (Å²) in [4.78, 5) is 31.1. The molecule has 1 aliphatic rings. The molecule has 2 N–H and O–H groups in total. The standard InChI is InChI=1S/C21H21N5O3/c1-3-19(28)25(2)14-8-9-26(12-14)21(29)17-11-13-10-16(23-24-20(13)22-17)15-6-4-5-7-18(15)27/h3-7,10-11,14,27H,1,8-9,12H2,2H3,(H,22,24)/t14-/m1/s1. The van der Waals surface area contributed by atoms with Gasteiger partial charge in [0, 0.05) is 31.1 Å². The van der Waals surface area contributed by atoms with Crippen LogP contribution in [-0.4, -0.2) is 68.1 Å². The van der Waals surface area contributed by atoms with E-state index in [1.807, 2.05) is 6.07 Å². The number of nitrogens with one attached hydrogen (secondary N) is 1. The van der Waals surface area contributed by atoms with E-state index in [1.54, 1.807) is 47.2 Å². The summed E-state index contributed by atoms with van der Waals surface area (Å²) >= 11 is 0. The average Bonchev–Trinajstić information content (AvgIpc) is 3.39. The fourth-order valence-electron chi connectivity index (χ4n) is 3.61. The quantitative estimate of drug-likeness (QED) is 0.664. The zero-order valence-electron chi connectivity index (χ0n) is 16.0. The molecule has 148 valence electrons. The van der Waals surface area contributed by atoms with Crippen molar-refractivity contribution in [3.63, 3.8) is 0 Å². The third kappa shape index (κ3) is 3.44. The van der Waals surface area contributed by atoms with Crippen LogP contribution < -0.4 is 0 Å². The predicted octanol–water partition coefficient (Wildman–Crippen LogP) is 2.19. The van der Waals surface area contributed by atoms with Crippen LogP contribution in [0.25, 0.3) is 22.3 Å². The highest BCUT2D eigenvalue weighted by molar-refractivity contribution is 5.98. The Balaban J connectivity index is 1.55. The van der Waals surface area contributed by atoms with Crippen molar-refractivity contribution in [2.75, 3.05) is 20.1 Å². The number of likely N-dealkylation sites (N-methyl/N-ethyl adjacent to an activating group) is 1. The van der Waals surface area contributed by atoms with Crippen LogP contribution in [0.3, 0.4) is 0 Å². The minimum absolute atomic E-state index is 0.0266. The minimum Gasteiger partial charge on any atom is -0.507 e. The summed E-state index contributed by atoms with van der Waals surface area (Å²) in [5.74, 6) is -0.176. The summed E-state index contributed by atoms with van der Waals surface area (Å²) in [7, 11) is 1.72. The van der Waals surface area contributed by atoms with Gasteiger partial charge in [0.2, 0.25) is 5.91 Å². The van der Waals surface area contributed by atoms with Gasteiger partial charge in [0.1, 0.15) is 11.4 Å². The molecule has 1 atom stereocenters. The molecule has 3 aromatic rings. The van der Waals surface area contributed by atoms with E-state index in [0.29, 0.717) is 35.7 Å². The molecule has 8 heteroatoms. The molecule has 0 unspecified atom stereocenters. The first-order valence-corrected chi connectivity index (χ1v) is 9.31. The molecule has 4 rings (SSSR count). The number of aromatic nitrogens is 3. The molecular formula is C21H21N5O3. The Hall–Kier alpha value is -3.68. The van der Waals surface area contributed by atoms with Crippen molar-refractivity contribution in [3.8, 4) is 17.0 Å². The van der Waals surface area contributed by atoms with Crippen molar-refractivity contribution in [2.45, 2.75) is 12.5 Å². The van der Waals surface area contributed by atoms with Crippen LogP contribution in [0.4, 0.5) is 0 Å². The Morgan fingerprint density at radius 3 is 2.86 bits per heavy atom. The van der Waals surface area contributed by atoms with Crippen LogP contribution >= 0.6 is 0 Å². The number of aromatic amines is 1. The number of para-hydroxylation sites is 1. The number of phenols is 1. The maximum atomic E-state index is 12.9. The van der Waals surface area contributed by atoms with Crippen molar-refractivity contribution < 1.29 is 14.7 Å². The number of hydrogen-bond acceptors (Lipinski definition) is 5. The van der Waals surface area contributed by atoms with Crippen LogP contribution in [-0.2, 0) is 4.79 Å². The highest BCUT2D eigenvalue weighted by Crippen LogP contribution is 2.28. The molecule has 1 fully saturated rings. The van der Waals surface area contributed by atoms with Crippen molar-refractivity contribution >= 4 is 22.8 Å². The molecule has 0 spiro atoms. The van der Waals surface area contributed by atoms with Gasteiger partial charge in [-0.2, -0.15) is 0 Å². The summed E-state index contributed by atoms with van der Waals surface area (Å²) < 4.78 is 0. The van der Waals surface area contributed by atoms with E-state index in [9.17, 15) is 14.7 Å². The summed E-state index contributed by atoms with van der Waals surface area (Å²) in [6, 6.07) is 10.4. The number of likely N-dealkylation sites (tertiary alicyclic amines) is 1. The monoisotopic (exact) mass is 391 g/mol. The molecule has 2 aromatic heterocycles. The third-order valence-corrected chi connectivity index (χ3v) is 5.31. The normalized spacial score (nSPS) is 16.2. The number of rotatable bonds is 4. The second kappa shape index (κ2) is 7.38. The molecule has 0 saturated carbocycles. The van der Waals surface area contributed by atoms with Gasteiger partial charge in [0.05, 0.1) is 11.7 Å². The maximum Gasteiger partial charge on any atom is 0.270 e. The lowest BCUT2D eigenvalue weighted by Crippen LogP contribution is -2.39. The molecule has 0 bridgehead atoms. The number of carbonyl (C=O) groups is 2. The Bertz CT molecular complexity index is 1110. The first-order chi connectivity index (χ1) is 14.0. The number of fused-ring (bicyclic) bond motifs is 1. The van der Waals surface area contributed by atoms with Gasteiger partial charge < -0.3 is 19.9 Å². The van der Waals surface area contributed by atoms with E-state index in [4.69, 9.17) is 0 Å². The van der Waals surface area contributed by atoms with Crippen molar-refractivity contribution in [1.82, 2.24) is 25.0 Å². The number of nitrogens with zero attached hydrogens (tertiary/aromatic N) is 4. The van der Waals surface area contributed by atoms with E-state index in [-0.39, 0.29) is 23.6 Å². The number of H-pyrrole nitrogens is 1. The van der Waals surface area contributed by atoms with E-state index in [2.05, 4.69) is 21.8 Å². The molecule has 8 nitrogen and oxygen atoms in total. The summed E-state index contributed by atoms with van der Waals surface area (Å²) in [6.07, 6.45) is 2.00. The Morgan fingerprint density at radius 1 is 1.31 bits per heavy atom. The number of hydrogen-bond donors (Lipinski definition) is 2. The third-order valence-electron chi connectivity index (χ3n) is 5.31. The lowest BCUT2D eigenvalue weighted by atomic mass is 10.1. The second-order valence-corrected chi connectivity index (χ2v) is 7.08. The topological polar surface area (TPSA) is 102 Å². The zero-order valence-corrected chi connectivity index (χ0v) is 16.0. The zero-order chi connectivity index (χ0) is 20.5. The molecular weight excluding hydrogens is 370 g/mol. The van der Waals surface area contributed by atoms with E-state index in [1.165, 1.54) is 6.08 Å². The molecule has 1 saturated heterocycles. The maximum absolute atomic E-state index is 12.9. The molecule has 1 aliphatic heterocycles. The van der Waals surface area contributed by atoms with Gasteiger partial charge in [0.15, 0.2) is 5.65 Å². The molecule has 2 amide bonds. The van der Waals surface area contributed by atoms with Crippen molar-refractivity contribution in [3.05, 3.63) is 54.7 Å². The largest absolute Gasteiger partial charge is 0.507 e. The fraction of sp³-hybridized carbons (Fsp3) is 0.238. The van der Waals surface area contributed by atoms with Gasteiger partial charge in [-0.05, 0) is 36.8 Å². The minimum atomic E-state index is -0.151. The number of amides is 2. The summed E-state index contributed by atoms with van der Waals surface area (Å²) in [6.45, 7) is 4.55. The van der Waals surface area contributed by atoms with Crippen LogP contribution in [0.2, 0.25) is 0 Å². The summed E-state index contributed by atoms with van der Waals surface area (Å²) in [5, 5.41) is 19.1. The lowest BCUT2D eigenvalue weighted by molar-refractivity contribution is -0.126. The Kier molecular flexibility index (Phi) is 4.75. The van der Waals surface area contributed by atoms with Crippen molar-refractivity contribution in [2.24, 2.45) is 0 Å². The number of aromatic hydroxyl groups is 1. The first kappa shape index (κ1) is 18.7. The number of phenolic OH excluding ortho intramolecular Hbond substituents is 1. The van der Waals surface area contributed by atoms with Gasteiger partial charge in [-0.15, -0.1) is 10.2 Å². The van der Waals surface area contributed by atoms with Crippen LogP contribution in [0.5, 0.6) is 5.75 Å². The van der Waals surface area contributed by atoms with E-state index < -0.39 is 0 Å². The van der Waals surface area contributed by atoms with Gasteiger partial charge >= 0.3 is 0 Å². The first-order valence-electron chi connectivity index (χ1n) is 9.31. The van der Waals surface area contributed by atoms with E-state index in [0.717, 1.165) is 11.8 Å². The van der Waals surface area contributed by atoms with Crippen LogP contribution in [0, 0.1) is 0 Å². The van der Waals surface area contributed by atoms with Crippen LogP contribution in [0.15, 0.2) is 49.1 Å². The van der Waals surface area contributed by atoms with Crippen LogP contribution in [0.1, 0.15) is 16.9 Å². The number of benzene rings is 1. The highest BCUT2D eigenvalue weighted by Gasteiger charge is 2.31. The smallest absolute Gasteiger partial charge is 0.270 e. The van der Waals surface area contributed by atoms with Gasteiger partial charge in [-0.25, -0.2) is 0 Å². The van der Waals surface area contributed by atoms with Gasteiger partial charge in [-0.3, -0.25) is 9.59 Å². The Labute approximate surface area is 167 Å². The molecule has 3 heterocycles. The molecule has 1 aromatic carbocycles. The highest BCUT2D eigenvalue weighted by atomic mass is 16.3. The van der Waals surface area contributed by atoms with E-state index >= 15 is 0 Å². The van der Waals surface area contributed by atoms with Gasteiger partial charge in [-0.1, -0.05) is 18.7 Å². The fourth-order valence-corrected chi connectivity index (χ4v) is 3.61. The Morgan fingerprint density at radius 2 is 2.10 bits per heavy atom. The molecule has 29 heavy (non-hydrogen) atoms. The number of carbonyl (C=O) groups excluding carboxylic acids is 2. The molecule has 0 radical (unpaired) electrons. The van der Waals surface area contributed by atoms with Gasteiger partial charge in [0.25, 0.3) is 5.91 Å². The molecule has 0 aliphatic carbocycles. The predicted molar refractivity (Wildman–Crippen MR) is 108 cm³/mol. The van der Waals surface area contributed by atoms with Crippen molar-refractivity contribution in [1.29, 1.82) is 0 Å². The second-order valence-electron chi connectivity index (χ2n) is 7.08. The average molecular weight is 391 g/mol.